The number of carbonyl (C=O) groups excluding carboxylic acids is 1. The van der Waals surface area contributed by atoms with Crippen molar-refractivity contribution in [3.63, 3.8) is 0 Å². The van der Waals surface area contributed by atoms with Gasteiger partial charge in [-0.25, -0.2) is 4.98 Å². The van der Waals surface area contributed by atoms with Gasteiger partial charge < -0.3 is 5.32 Å². The lowest BCUT2D eigenvalue weighted by molar-refractivity contribution is -0.138. The number of aromatic nitrogens is 2. The van der Waals surface area contributed by atoms with Gasteiger partial charge >= 0.3 is 6.18 Å². The van der Waals surface area contributed by atoms with Crippen molar-refractivity contribution < 1.29 is 18.0 Å². The minimum absolute atomic E-state index is 0.0633. The summed E-state index contributed by atoms with van der Waals surface area (Å²) >= 11 is 0. The largest absolute Gasteiger partial charge is 0.405 e. The predicted octanol–water partition coefficient (Wildman–Crippen LogP) is 3.64. The first kappa shape index (κ1) is 17.0. The van der Waals surface area contributed by atoms with Crippen molar-refractivity contribution in [2.75, 3.05) is 6.54 Å². The number of benzene rings is 2. The lowest BCUT2D eigenvalue weighted by Gasteiger charge is -2.10. The number of amides is 1. The van der Waals surface area contributed by atoms with Crippen LogP contribution in [0.3, 0.4) is 0 Å². The third-order valence-corrected chi connectivity index (χ3v) is 3.71. The maximum absolute atomic E-state index is 12.2. The smallest absolute Gasteiger partial charge is 0.347 e. The van der Waals surface area contributed by atoms with Crippen molar-refractivity contribution in [2.45, 2.75) is 19.0 Å². The van der Waals surface area contributed by atoms with Gasteiger partial charge in [0.05, 0.1) is 11.0 Å². The number of nitrogens with zero attached hydrogens (tertiary/aromatic N) is 2. The molecule has 0 aliphatic carbocycles. The number of aryl methyl sites for hydroxylation is 1. The third-order valence-electron chi connectivity index (χ3n) is 3.71. The number of imidazole rings is 1. The molecule has 0 saturated heterocycles. The van der Waals surface area contributed by atoms with Crippen molar-refractivity contribution in [3.05, 3.63) is 60.4 Å². The normalized spacial score (nSPS) is 11.6. The molecule has 1 aromatic heterocycles. The molecule has 0 aliphatic heterocycles. The molecule has 0 saturated carbocycles. The molecule has 4 nitrogen and oxygen atoms in total. The quantitative estimate of drug-likeness (QED) is 0.766. The number of fused-ring (bicyclic) bond motifs is 1. The van der Waals surface area contributed by atoms with E-state index in [1.54, 1.807) is 0 Å². The van der Waals surface area contributed by atoms with E-state index in [2.05, 4.69) is 4.98 Å². The Labute approximate surface area is 142 Å². The Hall–Kier alpha value is -2.83. The molecule has 0 fully saturated rings. The Morgan fingerprint density at radius 3 is 2.44 bits per heavy atom. The van der Waals surface area contributed by atoms with Gasteiger partial charge in [0.25, 0.3) is 0 Å². The summed E-state index contributed by atoms with van der Waals surface area (Å²) in [7, 11) is 0. The van der Waals surface area contributed by atoms with E-state index in [1.165, 1.54) is 0 Å². The van der Waals surface area contributed by atoms with Gasteiger partial charge in [0.2, 0.25) is 5.91 Å². The fourth-order valence-electron chi connectivity index (χ4n) is 2.62. The van der Waals surface area contributed by atoms with Crippen molar-refractivity contribution in [3.8, 4) is 5.69 Å². The summed E-state index contributed by atoms with van der Waals surface area (Å²) in [5, 5.41) is 1.88. The SMILES string of the molecule is O=C(CCc1nc2ccccc2n1-c1ccccc1)NCC(F)(F)F. The molecule has 130 valence electrons. The Morgan fingerprint density at radius 1 is 1.04 bits per heavy atom. The van der Waals surface area contributed by atoms with Gasteiger partial charge in [-0.3, -0.25) is 9.36 Å². The zero-order valence-electron chi connectivity index (χ0n) is 13.3. The topological polar surface area (TPSA) is 46.9 Å². The highest BCUT2D eigenvalue weighted by atomic mass is 19.4. The van der Waals surface area contributed by atoms with Crippen LogP contribution in [0.4, 0.5) is 13.2 Å². The van der Waals surface area contributed by atoms with Crippen molar-refractivity contribution in [2.24, 2.45) is 0 Å². The van der Waals surface area contributed by atoms with Gasteiger partial charge in [-0.1, -0.05) is 30.3 Å². The molecule has 0 radical (unpaired) electrons. The molecule has 3 aromatic rings. The second-order valence-corrected chi connectivity index (χ2v) is 5.58. The second kappa shape index (κ2) is 6.96. The van der Waals surface area contributed by atoms with Gasteiger partial charge in [-0.15, -0.1) is 0 Å². The molecule has 0 bridgehead atoms. The van der Waals surface area contributed by atoms with Gasteiger partial charge in [-0.05, 0) is 24.3 Å². The number of rotatable bonds is 5. The maximum atomic E-state index is 12.2. The van der Waals surface area contributed by atoms with E-state index in [0.717, 1.165) is 16.7 Å². The minimum atomic E-state index is -4.41. The minimum Gasteiger partial charge on any atom is -0.347 e. The average molecular weight is 347 g/mol. The molecular weight excluding hydrogens is 331 g/mol. The van der Waals surface area contributed by atoms with E-state index >= 15 is 0 Å². The standard InChI is InChI=1S/C18H16F3N3O/c19-18(20,21)12-22-17(25)11-10-16-23-14-8-4-5-9-15(14)24(16)13-6-2-1-3-7-13/h1-9H,10-12H2,(H,22,25). The molecule has 25 heavy (non-hydrogen) atoms. The van der Waals surface area contributed by atoms with Crippen LogP contribution in [0.15, 0.2) is 54.6 Å². The molecule has 3 rings (SSSR count). The van der Waals surface area contributed by atoms with Crippen LogP contribution in [0.1, 0.15) is 12.2 Å². The summed E-state index contributed by atoms with van der Waals surface area (Å²) in [4.78, 5) is 16.2. The predicted molar refractivity (Wildman–Crippen MR) is 88.5 cm³/mol. The summed E-state index contributed by atoms with van der Waals surface area (Å²) in [6, 6.07) is 17.1. The molecule has 1 heterocycles. The molecule has 2 aromatic carbocycles. The Morgan fingerprint density at radius 2 is 1.72 bits per heavy atom. The van der Waals surface area contributed by atoms with Crippen LogP contribution in [0.2, 0.25) is 0 Å². The monoisotopic (exact) mass is 347 g/mol. The van der Waals surface area contributed by atoms with Gasteiger partial charge in [0, 0.05) is 18.5 Å². The summed E-state index contributed by atoms with van der Waals surface area (Å²) in [5.41, 5.74) is 2.55. The molecule has 7 heteroatoms. The number of carbonyl (C=O) groups is 1. The Kier molecular flexibility index (Phi) is 4.74. The number of nitrogens with one attached hydrogen (secondary N) is 1. The van der Waals surface area contributed by atoms with Crippen molar-refractivity contribution >= 4 is 16.9 Å². The van der Waals surface area contributed by atoms with Crippen molar-refractivity contribution in [1.82, 2.24) is 14.9 Å². The highest BCUT2D eigenvalue weighted by Gasteiger charge is 2.27. The van der Waals surface area contributed by atoms with Crippen LogP contribution in [-0.2, 0) is 11.2 Å². The first-order valence-electron chi connectivity index (χ1n) is 7.79. The van der Waals surface area contributed by atoms with Crippen LogP contribution in [0.25, 0.3) is 16.7 Å². The first-order chi connectivity index (χ1) is 11.9. The number of alkyl halides is 3. The van der Waals surface area contributed by atoms with E-state index in [9.17, 15) is 18.0 Å². The van der Waals surface area contributed by atoms with Crippen LogP contribution in [0.5, 0.6) is 0 Å². The summed E-state index contributed by atoms with van der Waals surface area (Å²) in [6.45, 7) is -1.32. The molecule has 0 spiro atoms. The van der Waals surface area contributed by atoms with E-state index < -0.39 is 18.6 Å². The number of para-hydroxylation sites is 3. The van der Waals surface area contributed by atoms with Crippen LogP contribution in [0, 0.1) is 0 Å². The molecule has 1 N–H and O–H groups in total. The maximum Gasteiger partial charge on any atom is 0.405 e. The van der Waals surface area contributed by atoms with Gasteiger partial charge in [-0.2, -0.15) is 13.2 Å². The molecule has 0 aliphatic rings. The van der Waals surface area contributed by atoms with Crippen molar-refractivity contribution in [1.29, 1.82) is 0 Å². The highest BCUT2D eigenvalue weighted by Crippen LogP contribution is 2.22. The highest BCUT2D eigenvalue weighted by molar-refractivity contribution is 5.79. The van der Waals surface area contributed by atoms with E-state index in [-0.39, 0.29) is 12.8 Å². The Balaban J connectivity index is 1.83. The zero-order chi connectivity index (χ0) is 17.9. The van der Waals surface area contributed by atoms with Crippen LogP contribution >= 0.6 is 0 Å². The molecule has 0 atom stereocenters. The number of hydrogen-bond donors (Lipinski definition) is 1. The second-order valence-electron chi connectivity index (χ2n) is 5.58. The molecule has 1 amide bonds. The Bertz CT molecular complexity index is 872. The summed E-state index contributed by atoms with van der Waals surface area (Å²) in [6.07, 6.45) is -4.23. The average Bonchev–Trinajstić information content (AvgIpc) is 2.96. The summed E-state index contributed by atoms with van der Waals surface area (Å²) in [5.74, 6) is -0.0152. The van der Waals surface area contributed by atoms with Gasteiger partial charge in [0.1, 0.15) is 12.4 Å². The van der Waals surface area contributed by atoms with E-state index in [1.807, 2.05) is 64.5 Å². The lowest BCUT2D eigenvalue weighted by atomic mass is 10.2. The van der Waals surface area contributed by atoms with Crippen LogP contribution in [-0.4, -0.2) is 28.2 Å². The zero-order valence-corrected chi connectivity index (χ0v) is 13.3. The fourth-order valence-corrected chi connectivity index (χ4v) is 2.62. The third kappa shape index (κ3) is 4.17. The van der Waals surface area contributed by atoms with Gasteiger partial charge in [0.15, 0.2) is 0 Å². The van der Waals surface area contributed by atoms with E-state index in [0.29, 0.717) is 5.82 Å². The van der Waals surface area contributed by atoms with E-state index in [4.69, 9.17) is 0 Å². The van der Waals surface area contributed by atoms with Crippen LogP contribution < -0.4 is 5.32 Å². The molecular formula is C18H16F3N3O. The number of hydrogen-bond acceptors (Lipinski definition) is 2. The number of halogens is 3. The molecule has 0 unspecified atom stereocenters. The summed E-state index contributed by atoms with van der Waals surface area (Å²) < 4.78 is 38.4. The lowest BCUT2D eigenvalue weighted by Crippen LogP contribution is -2.33. The fraction of sp³-hybridized carbons (Fsp3) is 0.222. The first-order valence-corrected chi connectivity index (χ1v) is 7.79.